The van der Waals surface area contributed by atoms with Crippen molar-refractivity contribution in [2.45, 2.75) is 267 Å². The predicted octanol–water partition coefficient (Wildman–Crippen LogP) is 13.3. The third-order valence-corrected chi connectivity index (χ3v) is 21.5. The number of piperidine rings is 1. The van der Waals surface area contributed by atoms with E-state index in [-0.39, 0.29) is 0 Å². The Kier molecular flexibility index (Phi) is 12.0. The molecule has 11 rings (SSSR count). The highest BCUT2D eigenvalue weighted by Gasteiger charge is 2.58. The molecule has 3 aliphatic heterocycles. The molecule has 8 saturated carbocycles. The lowest BCUT2D eigenvalue weighted by atomic mass is 9.62. The Morgan fingerprint density at radius 2 is 0.786 bits per heavy atom. The third kappa shape index (κ3) is 7.48. The highest BCUT2D eigenvalue weighted by molar-refractivity contribution is 5.10. The minimum Gasteiger partial charge on any atom is -0.299 e. The summed E-state index contributed by atoms with van der Waals surface area (Å²) in [5.74, 6) is 11.3. The van der Waals surface area contributed by atoms with Gasteiger partial charge in [0.15, 0.2) is 0 Å². The maximum Gasteiger partial charge on any atom is 0.0607 e. The van der Waals surface area contributed by atoms with Crippen LogP contribution in [0.15, 0.2) is 0 Å². The van der Waals surface area contributed by atoms with Crippen molar-refractivity contribution in [2.75, 3.05) is 0 Å². The van der Waals surface area contributed by atoms with Crippen molar-refractivity contribution in [1.82, 2.24) is 15.1 Å². The molecule has 0 amide bonds. The van der Waals surface area contributed by atoms with Gasteiger partial charge in [-0.15, -0.1) is 0 Å². The molecule has 3 heterocycles. The zero-order valence-corrected chi connectivity index (χ0v) is 36.5. The standard InChI is InChI=1S/C53H89N3/c1-4-15-36(16-5-1)39-21-14-22-43(31-39)55-49-25-12-11-24-45(49)47-32-40(28-30-51(47)55)41-27-29-46-44-23-10-13-26-50(44)56(52(46)34-41)53-35-42(37-17-6-2-7-18-37)33-48(54-53)38-19-8-3-9-20-38/h36-54H,1-35H2. The molecule has 56 heavy (non-hydrogen) atoms. The SMILES string of the molecule is C1CCC(C2CCCC(N3C4CCCCC4C4CC(C5CCC6C7CCCCC7N(C7CC(C8CCCCC8)CC(C8CCCCC8)N7)C6C5)CCC43)C2)CC1. The topological polar surface area (TPSA) is 18.5 Å². The zero-order valence-electron chi connectivity index (χ0n) is 36.5. The lowest BCUT2D eigenvalue weighted by Gasteiger charge is -2.51. The van der Waals surface area contributed by atoms with Crippen molar-refractivity contribution < 1.29 is 0 Å². The van der Waals surface area contributed by atoms with Gasteiger partial charge in [-0.3, -0.25) is 15.1 Å². The second kappa shape index (κ2) is 17.3. The fourth-order valence-corrected chi connectivity index (χ4v) is 19.1. The molecule has 1 N–H and O–H groups in total. The molecule has 15 unspecified atom stereocenters. The van der Waals surface area contributed by atoms with Gasteiger partial charge in [-0.25, -0.2) is 0 Å². The molecule has 0 aromatic heterocycles. The number of likely N-dealkylation sites (tertiary alicyclic amines) is 2. The van der Waals surface area contributed by atoms with E-state index in [1.807, 2.05) is 0 Å². The molecule has 3 heteroatoms. The van der Waals surface area contributed by atoms with Crippen LogP contribution < -0.4 is 5.32 Å². The first-order valence-corrected chi connectivity index (χ1v) is 27.1. The van der Waals surface area contributed by atoms with Crippen LogP contribution in [0, 0.1) is 65.1 Å². The second-order valence-electron chi connectivity index (χ2n) is 23.8. The minimum absolute atomic E-state index is 0.692. The highest BCUT2D eigenvalue weighted by atomic mass is 15.3. The molecular formula is C53H89N3. The van der Waals surface area contributed by atoms with Gasteiger partial charge in [0, 0.05) is 36.3 Å². The Morgan fingerprint density at radius 1 is 0.268 bits per heavy atom. The van der Waals surface area contributed by atoms with Gasteiger partial charge in [0.2, 0.25) is 0 Å². The van der Waals surface area contributed by atoms with Crippen LogP contribution in [-0.4, -0.2) is 52.2 Å². The molecule has 8 aliphatic carbocycles. The number of nitrogens with one attached hydrogen (secondary N) is 1. The number of fused-ring (bicyclic) bond motifs is 6. The molecule has 0 aromatic carbocycles. The van der Waals surface area contributed by atoms with E-state index in [1.165, 1.54) is 109 Å². The largest absolute Gasteiger partial charge is 0.299 e. The normalized spacial score (nSPS) is 49.2. The van der Waals surface area contributed by atoms with Crippen molar-refractivity contribution in [3.63, 3.8) is 0 Å². The first-order valence-electron chi connectivity index (χ1n) is 27.1. The quantitative estimate of drug-likeness (QED) is 0.290. The van der Waals surface area contributed by atoms with E-state index in [1.54, 1.807) is 116 Å². The van der Waals surface area contributed by atoms with E-state index in [4.69, 9.17) is 0 Å². The van der Waals surface area contributed by atoms with Crippen LogP contribution in [0.25, 0.3) is 0 Å². The van der Waals surface area contributed by atoms with Crippen LogP contribution in [0.1, 0.15) is 225 Å². The molecule has 0 spiro atoms. The van der Waals surface area contributed by atoms with E-state index < -0.39 is 0 Å². The maximum absolute atomic E-state index is 4.64. The smallest absolute Gasteiger partial charge is 0.0607 e. The molecule has 11 fully saturated rings. The maximum atomic E-state index is 4.64. The van der Waals surface area contributed by atoms with Crippen LogP contribution in [-0.2, 0) is 0 Å². The van der Waals surface area contributed by atoms with Crippen LogP contribution in [0.3, 0.4) is 0 Å². The molecule has 3 saturated heterocycles. The highest BCUT2D eigenvalue weighted by Crippen LogP contribution is 2.58. The van der Waals surface area contributed by atoms with Crippen LogP contribution >= 0.6 is 0 Å². The molecule has 3 nitrogen and oxygen atoms in total. The van der Waals surface area contributed by atoms with E-state index in [9.17, 15) is 0 Å². The lowest BCUT2D eigenvalue weighted by molar-refractivity contribution is -0.0149. The zero-order chi connectivity index (χ0) is 37.0. The first-order chi connectivity index (χ1) is 27.8. The molecule has 15 atom stereocenters. The number of hydrogen-bond acceptors (Lipinski definition) is 3. The summed E-state index contributed by atoms with van der Waals surface area (Å²) in [6, 6.07) is 5.47. The molecule has 316 valence electrons. The predicted molar refractivity (Wildman–Crippen MR) is 233 cm³/mol. The van der Waals surface area contributed by atoms with Crippen molar-refractivity contribution >= 4 is 0 Å². The molecule has 11 aliphatic rings. The van der Waals surface area contributed by atoms with Crippen LogP contribution in [0.4, 0.5) is 0 Å². The Labute approximate surface area is 346 Å². The summed E-state index contributed by atoms with van der Waals surface area (Å²) in [6.07, 6.45) is 54.8. The summed E-state index contributed by atoms with van der Waals surface area (Å²) in [5.41, 5.74) is 0. The third-order valence-electron chi connectivity index (χ3n) is 21.5. The molecule has 0 radical (unpaired) electrons. The summed E-state index contributed by atoms with van der Waals surface area (Å²) in [6.45, 7) is 0. The number of nitrogens with zero attached hydrogens (tertiary/aromatic N) is 2. The molecule has 0 aromatic rings. The Bertz CT molecular complexity index is 1240. The van der Waals surface area contributed by atoms with Crippen molar-refractivity contribution in [3.05, 3.63) is 0 Å². The van der Waals surface area contributed by atoms with E-state index in [0.29, 0.717) is 6.17 Å². The average Bonchev–Trinajstić information content (AvgIpc) is 3.79. The minimum atomic E-state index is 0.692. The van der Waals surface area contributed by atoms with Crippen molar-refractivity contribution in [2.24, 2.45) is 65.1 Å². The van der Waals surface area contributed by atoms with Gasteiger partial charge in [0.05, 0.1) is 6.17 Å². The Hall–Kier alpha value is -0.120. The second-order valence-corrected chi connectivity index (χ2v) is 23.8. The Balaban J connectivity index is 0.813. The van der Waals surface area contributed by atoms with Gasteiger partial charge in [-0.1, -0.05) is 122 Å². The average molecular weight is 768 g/mol. The van der Waals surface area contributed by atoms with E-state index >= 15 is 0 Å². The first kappa shape index (κ1) is 38.8. The van der Waals surface area contributed by atoms with Crippen LogP contribution in [0.2, 0.25) is 0 Å². The van der Waals surface area contributed by atoms with E-state index in [2.05, 4.69) is 15.1 Å². The summed E-state index contributed by atoms with van der Waals surface area (Å²) >= 11 is 0. The van der Waals surface area contributed by atoms with Gasteiger partial charge in [-0.05, 0) is 168 Å². The summed E-state index contributed by atoms with van der Waals surface area (Å²) in [7, 11) is 0. The monoisotopic (exact) mass is 768 g/mol. The summed E-state index contributed by atoms with van der Waals surface area (Å²) in [5, 5.41) is 4.64. The van der Waals surface area contributed by atoms with E-state index in [0.717, 1.165) is 101 Å². The Morgan fingerprint density at radius 3 is 1.52 bits per heavy atom. The van der Waals surface area contributed by atoms with Crippen LogP contribution in [0.5, 0.6) is 0 Å². The van der Waals surface area contributed by atoms with Crippen molar-refractivity contribution in [3.8, 4) is 0 Å². The van der Waals surface area contributed by atoms with Gasteiger partial charge < -0.3 is 0 Å². The lowest BCUT2D eigenvalue weighted by Crippen LogP contribution is -2.61. The summed E-state index contributed by atoms with van der Waals surface area (Å²) < 4.78 is 0. The van der Waals surface area contributed by atoms with Gasteiger partial charge >= 0.3 is 0 Å². The van der Waals surface area contributed by atoms with Crippen molar-refractivity contribution in [1.29, 1.82) is 0 Å². The molecule has 0 bridgehead atoms. The molecular weight excluding hydrogens is 679 g/mol. The number of rotatable bonds is 6. The van der Waals surface area contributed by atoms with Gasteiger partial charge in [0.25, 0.3) is 0 Å². The van der Waals surface area contributed by atoms with Gasteiger partial charge in [0.1, 0.15) is 0 Å². The fourth-order valence-electron chi connectivity index (χ4n) is 19.1. The van der Waals surface area contributed by atoms with Gasteiger partial charge in [-0.2, -0.15) is 0 Å². The fraction of sp³-hybridized carbons (Fsp3) is 1.00. The number of hydrogen-bond donors (Lipinski definition) is 1. The summed E-state index contributed by atoms with van der Waals surface area (Å²) in [4.78, 5) is 6.73.